The van der Waals surface area contributed by atoms with Crippen molar-refractivity contribution in [1.29, 1.82) is 0 Å². The Bertz CT molecular complexity index is 678. The maximum atomic E-state index is 5.11. The van der Waals surface area contributed by atoms with Crippen molar-refractivity contribution in [3.63, 3.8) is 0 Å². The Labute approximate surface area is 159 Å². The van der Waals surface area contributed by atoms with Crippen LogP contribution in [0.2, 0.25) is 0 Å². The first kappa shape index (κ1) is 26.0. The van der Waals surface area contributed by atoms with Gasteiger partial charge in [-0.1, -0.05) is 41.5 Å². The van der Waals surface area contributed by atoms with Gasteiger partial charge in [0.05, 0.1) is 22.9 Å². The standard InChI is InChI=1S/C8H9N3.C5H8N2.C3H9N.2C2H6/c1-5-3-7-8(4-9-5)11-6(2)10-7;1-4-3-5(2)7-6-4;1-3(2)4;2*1-2/h3-4H,1-2H3,(H,10,11);3H,1-2H3,(H,6,7);3H,4H2,1-2H3;2*1-2H3. The van der Waals surface area contributed by atoms with Crippen LogP contribution >= 0.6 is 0 Å². The van der Waals surface area contributed by atoms with Crippen LogP contribution < -0.4 is 5.73 Å². The molecular formula is C20H38N6. The van der Waals surface area contributed by atoms with Crippen molar-refractivity contribution in [2.75, 3.05) is 0 Å². The first-order chi connectivity index (χ1) is 12.3. The van der Waals surface area contributed by atoms with Gasteiger partial charge in [0.1, 0.15) is 5.82 Å². The summed E-state index contributed by atoms with van der Waals surface area (Å²) in [6, 6.07) is 4.30. The number of H-pyrrole nitrogens is 2. The van der Waals surface area contributed by atoms with E-state index >= 15 is 0 Å². The largest absolute Gasteiger partial charge is 0.341 e. The zero-order valence-electron chi connectivity index (χ0n) is 18.2. The first-order valence-corrected chi connectivity index (χ1v) is 9.31. The van der Waals surface area contributed by atoms with Crippen molar-refractivity contribution in [3.05, 3.63) is 41.2 Å². The molecule has 0 fully saturated rings. The third-order valence-electron chi connectivity index (χ3n) is 2.46. The lowest BCUT2D eigenvalue weighted by Crippen LogP contribution is -2.06. The van der Waals surface area contributed by atoms with Crippen molar-refractivity contribution >= 4 is 11.0 Å². The topological polar surface area (TPSA) is 96.3 Å². The molecule has 0 aliphatic rings. The van der Waals surface area contributed by atoms with Gasteiger partial charge in [0, 0.05) is 11.4 Å². The number of nitrogens with zero attached hydrogens (tertiary/aromatic N) is 3. The number of rotatable bonds is 0. The molecule has 0 atom stereocenters. The van der Waals surface area contributed by atoms with Gasteiger partial charge >= 0.3 is 0 Å². The zero-order chi connectivity index (χ0) is 20.7. The van der Waals surface area contributed by atoms with E-state index in [1.807, 2.05) is 87.6 Å². The van der Waals surface area contributed by atoms with Gasteiger partial charge in [-0.2, -0.15) is 5.10 Å². The van der Waals surface area contributed by atoms with Crippen LogP contribution in [0.15, 0.2) is 18.3 Å². The van der Waals surface area contributed by atoms with Crippen LogP contribution in [0.5, 0.6) is 0 Å². The predicted octanol–water partition coefficient (Wildman–Crippen LogP) is 5.01. The van der Waals surface area contributed by atoms with E-state index in [0.29, 0.717) is 6.04 Å². The number of aryl methyl sites for hydroxylation is 4. The fraction of sp³-hybridized carbons (Fsp3) is 0.550. The van der Waals surface area contributed by atoms with Crippen LogP contribution in [0.25, 0.3) is 11.0 Å². The molecule has 0 aliphatic heterocycles. The maximum Gasteiger partial charge on any atom is 0.104 e. The number of nitrogens with two attached hydrogens (primary N) is 1. The summed E-state index contributed by atoms with van der Waals surface area (Å²) in [5.41, 5.74) is 10.3. The molecule has 6 heteroatoms. The quantitative estimate of drug-likeness (QED) is 0.524. The molecule has 0 unspecified atom stereocenters. The van der Waals surface area contributed by atoms with Gasteiger partial charge in [-0.3, -0.25) is 10.1 Å². The van der Waals surface area contributed by atoms with Gasteiger partial charge in [0.2, 0.25) is 0 Å². The number of nitrogens with one attached hydrogen (secondary N) is 2. The molecular weight excluding hydrogens is 324 g/mol. The minimum Gasteiger partial charge on any atom is -0.341 e. The molecule has 3 aromatic rings. The molecule has 3 rings (SSSR count). The van der Waals surface area contributed by atoms with Gasteiger partial charge in [-0.25, -0.2) is 4.98 Å². The van der Waals surface area contributed by atoms with Crippen LogP contribution in [0, 0.1) is 27.7 Å². The Morgan fingerprint density at radius 2 is 1.46 bits per heavy atom. The summed E-state index contributed by atoms with van der Waals surface area (Å²) in [5.74, 6) is 0.937. The molecule has 3 heterocycles. The van der Waals surface area contributed by atoms with Crippen LogP contribution in [0.1, 0.15) is 64.4 Å². The summed E-state index contributed by atoms with van der Waals surface area (Å²) in [6.45, 7) is 19.7. The number of aromatic amines is 2. The number of fused-ring (bicyclic) bond motifs is 1. The summed E-state index contributed by atoms with van der Waals surface area (Å²) in [5, 5.41) is 6.71. The van der Waals surface area contributed by atoms with Crippen molar-refractivity contribution in [2.24, 2.45) is 5.73 Å². The van der Waals surface area contributed by atoms with Crippen LogP contribution in [-0.4, -0.2) is 31.2 Å². The van der Waals surface area contributed by atoms with Crippen molar-refractivity contribution in [1.82, 2.24) is 25.1 Å². The number of imidazole rings is 1. The van der Waals surface area contributed by atoms with Crippen molar-refractivity contribution < 1.29 is 0 Å². The zero-order valence-corrected chi connectivity index (χ0v) is 18.2. The molecule has 0 spiro atoms. The summed E-state index contributed by atoms with van der Waals surface area (Å²) in [4.78, 5) is 11.5. The average molecular weight is 363 g/mol. The van der Waals surface area contributed by atoms with Crippen molar-refractivity contribution in [2.45, 2.75) is 75.3 Å². The summed E-state index contributed by atoms with van der Waals surface area (Å²) < 4.78 is 0. The van der Waals surface area contributed by atoms with Crippen LogP contribution in [0.3, 0.4) is 0 Å². The smallest absolute Gasteiger partial charge is 0.104 e. The average Bonchev–Trinajstić information content (AvgIpc) is 3.14. The highest BCUT2D eigenvalue weighted by atomic mass is 15.1. The van der Waals surface area contributed by atoms with E-state index in [1.54, 1.807) is 0 Å². The lowest BCUT2D eigenvalue weighted by molar-refractivity contribution is 0.834. The Balaban J connectivity index is 0. The molecule has 0 saturated heterocycles. The third kappa shape index (κ3) is 12.2. The lowest BCUT2D eigenvalue weighted by Gasteiger charge is -1.88. The molecule has 0 amide bonds. The molecule has 0 aliphatic carbocycles. The molecule has 4 N–H and O–H groups in total. The Kier molecular flexibility index (Phi) is 15.1. The lowest BCUT2D eigenvalue weighted by atomic mass is 10.3. The highest BCUT2D eigenvalue weighted by Gasteiger charge is 1.97. The Hall–Kier alpha value is -2.21. The van der Waals surface area contributed by atoms with E-state index < -0.39 is 0 Å². The third-order valence-corrected chi connectivity index (χ3v) is 2.46. The normalized spacial score (nSPS) is 8.92. The molecule has 0 bridgehead atoms. The first-order valence-electron chi connectivity index (χ1n) is 9.31. The van der Waals surface area contributed by atoms with Gasteiger partial charge in [-0.15, -0.1) is 0 Å². The molecule has 0 saturated carbocycles. The number of aromatic nitrogens is 5. The van der Waals surface area contributed by atoms with E-state index in [9.17, 15) is 0 Å². The summed E-state index contributed by atoms with van der Waals surface area (Å²) >= 11 is 0. The molecule has 0 aromatic carbocycles. The van der Waals surface area contributed by atoms with Crippen molar-refractivity contribution in [3.8, 4) is 0 Å². The van der Waals surface area contributed by atoms with Crippen LogP contribution in [-0.2, 0) is 0 Å². The maximum absolute atomic E-state index is 5.11. The van der Waals surface area contributed by atoms with E-state index in [2.05, 4.69) is 25.1 Å². The number of pyridine rings is 1. The highest BCUT2D eigenvalue weighted by Crippen LogP contribution is 2.09. The second kappa shape index (κ2) is 15.1. The second-order valence-electron chi connectivity index (χ2n) is 5.60. The van der Waals surface area contributed by atoms with E-state index in [4.69, 9.17) is 5.73 Å². The summed E-state index contributed by atoms with van der Waals surface area (Å²) in [6.07, 6.45) is 1.81. The fourth-order valence-corrected chi connectivity index (χ4v) is 1.69. The van der Waals surface area contributed by atoms with Crippen LogP contribution in [0.4, 0.5) is 0 Å². The van der Waals surface area contributed by atoms with Gasteiger partial charge < -0.3 is 10.7 Å². The van der Waals surface area contributed by atoms with E-state index in [-0.39, 0.29) is 0 Å². The Morgan fingerprint density at radius 1 is 0.923 bits per heavy atom. The van der Waals surface area contributed by atoms with Gasteiger partial charge in [-0.05, 0) is 45.9 Å². The van der Waals surface area contributed by atoms with Gasteiger partial charge in [0.25, 0.3) is 0 Å². The van der Waals surface area contributed by atoms with Gasteiger partial charge in [0.15, 0.2) is 0 Å². The van der Waals surface area contributed by atoms with E-state index in [0.717, 1.165) is 33.9 Å². The molecule has 26 heavy (non-hydrogen) atoms. The molecule has 3 aromatic heterocycles. The minimum atomic E-state index is 0.333. The summed E-state index contributed by atoms with van der Waals surface area (Å²) in [7, 11) is 0. The highest BCUT2D eigenvalue weighted by molar-refractivity contribution is 5.74. The minimum absolute atomic E-state index is 0.333. The second-order valence-corrected chi connectivity index (χ2v) is 5.60. The van der Waals surface area contributed by atoms with E-state index in [1.165, 1.54) is 0 Å². The molecule has 148 valence electrons. The SMILES string of the molecule is CC.CC.CC(C)N.Cc1cc(C)[nH]n1.Cc1cc2nc(C)[nH]c2cn1. The monoisotopic (exact) mass is 362 g/mol. The molecule has 6 nitrogen and oxygen atoms in total. The predicted molar refractivity (Wildman–Crippen MR) is 113 cm³/mol. The molecule has 0 radical (unpaired) electrons. The number of hydrogen-bond acceptors (Lipinski definition) is 4. The Morgan fingerprint density at radius 3 is 1.85 bits per heavy atom. The number of hydrogen-bond donors (Lipinski definition) is 3. The fourth-order valence-electron chi connectivity index (χ4n) is 1.69.